The van der Waals surface area contributed by atoms with E-state index in [1.165, 1.54) is 16.0 Å². The van der Waals surface area contributed by atoms with E-state index in [1.807, 2.05) is 12.3 Å². The molecule has 0 radical (unpaired) electrons. The van der Waals surface area contributed by atoms with Crippen molar-refractivity contribution in [3.05, 3.63) is 33.8 Å². The minimum Gasteiger partial charge on any atom is -0.317 e. The van der Waals surface area contributed by atoms with E-state index >= 15 is 0 Å². The normalized spacial score (nSPS) is 10.9. The van der Waals surface area contributed by atoms with Gasteiger partial charge in [0, 0.05) is 13.6 Å². The van der Waals surface area contributed by atoms with Crippen LogP contribution in [-0.4, -0.2) is 42.4 Å². The van der Waals surface area contributed by atoms with Crippen LogP contribution in [0.5, 0.6) is 0 Å². The number of hydrogen-bond acceptors (Lipinski definition) is 6. The first-order valence-electron chi connectivity index (χ1n) is 7.45. The summed E-state index contributed by atoms with van der Waals surface area (Å²) < 4.78 is 2.09. The molecule has 126 valence electrons. The Morgan fingerprint density at radius 2 is 2.33 bits per heavy atom. The van der Waals surface area contributed by atoms with Crippen molar-refractivity contribution in [2.75, 3.05) is 11.9 Å². The fraction of sp³-hybridized carbons (Fsp3) is 0.357. The minimum absolute atomic E-state index is 0.184. The highest BCUT2D eigenvalue weighted by molar-refractivity contribution is 7.17. The lowest BCUT2D eigenvalue weighted by molar-refractivity contribution is 0.207. The molecule has 0 fully saturated rings. The van der Waals surface area contributed by atoms with E-state index in [1.54, 1.807) is 24.2 Å². The van der Waals surface area contributed by atoms with Crippen molar-refractivity contribution in [3.63, 3.8) is 0 Å². The Balaban J connectivity index is 1.79. The van der Waals surface area contributed by atoms with Crippen LogP contribution in [0.15, 0.2) is 22.4 Å². The molecule has 2 N–H and O–H groups in total. The molecule has 0 saturated heterocycles. The van der Waals surface area contributed by atoms with Gasteiger partial charge in [-0.1, -0.05) is 12.1 Å². The lowest BCUT2D eigenvalue weighted by Gasteiger charge is -2.21. The van der Waals surface area contributed by atoms with Crippen LogP contribution >= 0.6 is 11.3 Å². The maximum Gasteiger partial charge on any atom is 0.323 e. The molecule has 0 spiro atoms. The Morgan fingerprint density at radius 3 is 3.04 bits per heavy atom. The van der Waals surface area contributed by atoms with Crippen molar-refractivity contribution < 1.29 is 4.79 Å². The van der Waals surface area contributed by atoms with Gasteiger partial charge in [-0.2, -0.15) is 0 Å². The van der Waals surface area contributed by atoms with E-state index in [0.29, 0.717) is 28.4 Å². The third-order valence-electron chi connectivity index (χ3n) is 3.32. The average Bonchev–Trinajstić information content (AvgIpc) is 3.16. The largest absolute Gasteiger partial charge is 0.323 e. The van der Waals surface area contributed by atoms with Crippen LogP contribution in [0.4, 0.5) is 10.6 Å². The molecule has 0 aliphatic rings. The van der Waals surface area contributed by atoms with E-state index in [2.05, 4.69) is 25.6 Å². The Bertz CT molecular complexity index is 913. The number of aryl methyl sites for hydroxylation is 1. The Hall–Kier alpha value is -2.75. The second-order valence-corrected chi connectivity index (χ2v) is 6.19. The minimum atomic E-state index is -0.314. The molecule has 0 aromatic carbocycles. The summed E-state index contributed by atoms with van der Waals surface area (Å²) in [6.45, 7) is 2.71. The number of aromatic nitrogens is 5. The van der Waals surface area contributed by atoms with Gasteiger partial charge >= 0.3 is 6.03 Å². The van der Waals surface area contributed by atoms with Crippen LogP contribution < -0.4 is 10.9 Å². The second kappa shape index (κ2) is 6.79. The van der Waals surface area contributed by atoms with Gasteiger partial charge in [-0.25, -0.2) is 9.78 Å². The summed E-state index contributed by atoms with van der Waals surface area (Å²) in [6.07, 6.45) is 2.39. The number of aromatic amines is 1. The molecular formula is C14H17N7O2S. The first-order chi connectivity index (χ1) is 11.6. The number of nitrogens with zero attached hydrogens (tertiary/aromatic N) is 5. The predicted octanol–water partition coefficient (Wildman–Crippen LogP) is 1.56. The van der Waals surface area contributed by atoms with Gasteiger partial charge in [-0.15, -0.1) is 16.4 Å². The highest BCUT2D eigenvalue weighted by Crippen LogP contribution is 2.14. The van der Waals surface area contributed by atoms with Crippen LogP contribution in [0.3, 0.4) is 0 Å². The first-order valence-corrected chi connectivity index (χ1v) is 8.33. The van der Waals surface area contributed by atoms with Gasteiger partial charge < -0.3 is 9.88 Å². The molecule has 0 bridgehead atoms. The maximum atomic E-state index is 12.4. The van der Waals surface area contributed by atoms with E-state index in [9.17, 15) is 9.59 Å². The lowest BCUT2D eigenvalue weighted by atomic mass is 10.4. The van der Waals surface area contributed by atoms with Crippen LogP contribution in [0.25, 0.3) is 10.2 Å². The van der Waals surface area contributed by atoms with Gasteiger partial charge in [-0.3, -0.25) is 14.8 Å². The van der Waals surface area contributed by atoms with Crippen molar-refractivity contribution in [2.24, 2.45) is 7.05 Å². The number of thiophene rings is 1. The molecular weight excluding hydrogens is 330 g/mol. The number of nitrogens with one attached hydrogen (secondary N) is 2. The number of urea groups is 1. The zero-order chi connectivity index (χ0) is 17.1. The Labute approximate surface area is 141 Å². The molecule has 9 nitrogen and oxygen atoms in total. The number of fused-ring (bicyclic) bond motifs is 1. The van der Waals surface area contributed by atoms with Crippen molar-refractivity contribution in [3.8, 4) is 0 Å². The van der Waals surface area contributed by atoms with E-state index in [-0.39, 0.29) is 18.1 Å². The lowest BCUT2D eigenvalue weighted by Crippen LogP contribution is -2.36. The first kappa shape index (κ1) is 16.1. The monoisotopic (exact) mass is 347 g/mol. The molecule has 0 atom stereocenters. The number of hydrogen-bond donors (Lipinski definition) is 2. The van der Waals surface area contributed by atoms with Crippen LogP contribution in [-0.2, 0) is 13.6 Å². The molecule has 3 rings (SSSR count). The zero-order valence-corrected chi connectivity index (χ0v) is 14.1. The zero-order valence-electron chi connectivity index (χ0n) is 13.3. The SMILES string of the molecule is CCCN(Cc1nc2ccsc2c(=O)[nH]1)C(=O)Nc1cn(C)nn1. The smallest absolute Gasteiger partial charge is 0.317 e. The molecule has 0 saturated carbocycles. The maximum absolute atomic E-state index is 12.4. The second-order valence-electron chi connectivity index (χ2n) is 5.28. The summed E-state index contributed by atoms with van der Waals surface area (Å²) in [4.78, 5) is 33.2. The number of H-pyrrole nitrogens is 1. The molecule has 3 aromatic rings. The molecule has 0 aliphatic heterocycles. The fourth-order valence-corrected chi connectivity index (χ4v) is 3.02. The highest BCUT2D eigenvalue weighted by Gasteiger charge is 2.16. The summed E-state index contributed by atoms with van der Waals surface area (Å²) in [7, 11) is 1.72. The standard InChI is InChI=1S/C14H17N7O2S/c1-3-5-21(14(23)17-11-7-20(2)19-18-11)8-10-15-9-4-6-24-12(9)13(22)16-10/h4,6-7H,3,5,8H2,1-2H3,(H,17,23)(H,15,16,22). The van der Waals surface area contributed by atoms with Gasteiger partial charge in [0.25, 0.3) is 5.56 Å². The molecule has 0 aliphatic carbocycles. The van der Waals surface area contributed by atoms with Gasteiger partial charge in [0.1, 0.15) is 10.5 Å². The van der Waals surface area contributed by atoms with Gasteiger partial charge in [0.2, 0.25) is 0 Å². The van der Waals surface area contributed by atoms with Crippen LogP contribution in [0.2, 0.25) is 0 Å². The fourth-order valence-electron chi connectivity index (χ4n) is 2.29. The number of rotatable bonds is 5. The third kappa shape index (κ3) is 3.43. The van der Waals surface area contributed by atoms with Crippen molar-refractivity contribution in [1.82, 2.24) is 29.9 Å². The summed E-state index contributed by atoms with van der Waals surface area (Å²) in [6, 6.07) is 1.48. The summed E-state index contributed by atoms with van der Waals surface area (Å²) in [5, 5.41) is 12.1. The predicted molar refractivity (Wildman–Crippen MR) is 91.0 cm³/mol. The molecule has 10 heteroatoms. The van der Waals surface area contributed by atoms with Crippen molar-refractivity contribution in [1.29, 1.82) is 0 Å². The van der Waals surface area contributed by atoms with E-state index in [0.717, 1.165) is 6.42 Å². The van der Waals surface area contributed by atoms with Gasteiger partial charge in [0.05, 0.1) is 18.3 Å². The molecule has 3 aromatic heterocycles. The van der Waals surface area contributed by atoms with Crippen LogP contribution in [0.1, 0.15) is 19.2 Å². The van der Waals surface area contributed by atoms with Crippen molar-refractivity contribution >= 4 is 33.4 Å². The highest BCUT2D eigenvalue weighted by atomic mass is 32.1. The molecule has 3 heterocycles. The number of carbonyl (C=O) groups excluding carboxylic acids is 1. The van der Waals surface area contributed by atoms with Crippen molar-refractivity contribution in [2.45, 2.75) is 19.9 Å². The summed E-state index contributed by atoms with van der Waals surface area (Å²) in [5.41, 5.74) is 0.459. The quantitative estimate of drug-likeness (QED) is 0.728. The molecule has 2 amide bonds. The average molecular weight is 347 g/mol. The van der Waals surface area contributed by atoms with E-state index in [4.69, 9.17) is 0 Å². The van der Waals surface area contributed by atoms with Crippen LogP contribution in [0, 0.1) is 0 Å². The Morgan fingerprint density at radius 1 is 1.50 bits per heavy atom. The Kier molecular flexibility index (Phi) is 4.56. The number of carbonyl (C=O) groups is 1. The van der Waals surface area contributed by atoms with E-state index < -0.39 is 0 Å². The number of anilines is 1. The van der Waals surface area contributed by atoms with Gasteiger partial charge in [-0.05, 0) is 17.9 Å². The third-order valence-corrected chi connectivity index (χ3v) is 4.23. The molecule has 24 heavy (non-hydrogen) atoms. The number of amides is 2. The van der Waals surface area contributed by atoms with Gasteiger partial charge in [0.15, 0.2) is 5.82 Å². The topological polar surface area (TPSA) is 109 Å². The summed E-state index contributed by atoms with van der Waals surface area (Å²) in [5.74, 6) is 0.826. The molecule has 0 unspecified atom stereocenters. The summed E-state index contributed by atoms with van der Waals surface area (Å²) >= 11 is 1.35.